The Labute approximate surface area is 140 Å². The summed E-state index contributed by atoms with van der Waals surface area (Å²) in [6.07, 6.45) is 0.700. The molecule has 132 valence electrons. The molecule has 0 radical (unpaired) electrons. The van der Waals surface area contributed by atoms with Gasteiger partial charge in [0.05, 0.1) is 12.1 Å². The van der Waals surface area contributed by atoms with Crippen LogP contribution in [-0.2, 0) is 25.8 Å². The van der Waals surface area contributed by atoms with E-state index in [4.69, 9.17) is 4.52 Å². The number of amides is 2. The summed E-state index contributed by atoms with van der Waals surface area (Å²) in [6, 6.07) is 0. The van der Waals surface area contributed by atoms with Crippen LogP contribution in [0, 0.1) is 13.8 Å². The van der Waals surface area contributed by atoms with Crippen LogP contribution >= 0.6 is 0 Å². The second-order valence-corrected chi connectivity index (χ2v) is 8.80. The lowest BCUT2D eigenvalue weighted by Gasteiger charge is -2.41. The van der Waals surface area contributed by atoms with Crippen LogP contribution in [0.15, 0.2) is 4.52 Å². The molecule has 0 N–H and O–H groups in total. The second-order valence-electron chi connectivity index (χ2n) is 6.52. The molecule has 1 aromatic rings. The summed E-state index contributed by atoms with van der Waals surface area (Å²) in [5.41, 5.74) is 1.47. The molecule has 2 saturated heterocycles. The first-order chi connectivity index (χ1) is 11.2. The van der Waals surface area contributed by atoms with E-state index in [0.29, 0.717) is 24.5 Å². The van der Waals surface area contributed by atoms with Crippen LogP contribution in [0.3, 0.4) is 0 Å². The van der Waals surface area contributed by atoms with Gasteiger partial charge in [-0.1, -0.05) is 5.16 Å². The topological polar surface area (TPSA) is 101 Å². The fourth-order valence-electron chi connectivity index (χ4n) is 3.60. The van der Waals surface area contributed by atoms with Crippen LogP contribution in [0.2, 0.25) is 0 Å². The second kappa shape index (κ2) is 5.58. The minimum atomic E-state index is -3.51. The van der Waals surface area contributed by atoms with Crippen molar-refractivity contribution < 1.29 is 22.5 Å². The van der Waals surface area contributed by atoms with Crippen LogP contribution in [0.25, 0.3) is 0 Å². The first kappa shape index (κ1) is 16.9. The molecular weight excluding hydrogens is 334 g/mol. The van der Waals surface area contributed by atoms with Gasteiger partial charge in [0.25, 0.3) is 0 Å². The molecule has 0 atom stereocenters. The normalized spacial score (nSPS) is 22.4. The number of hydrogen-bond acceptors (Lipinski definition) is 6. The summed E-state index contributed by atoms with van der Waals surface area (Å²) in [5, 5.41) is 3.84. The molecule has 0 aromatic carbocycles. The van der Waals surface area contributed by atoms with E-state index in [9.17, 15) is 18.0 Å². The zero-order chi connectivity index (χ0) is 17.7. The summed E-state index contributed by atoms with van der Waals surface area (Å²) in [4.78, 5) is 26.2. The van der Waals surface area contributed by atoms with E-state index in [0.717, 1.165) is 5.56 Å². The largest absolute Gasteiger partial charge is 0.361 e. The van der Waals surface area contributed by atoms with Crippen molar-refractivity contribution in [3.63, 3.8) is 0 Å². The Morgan fingerprint density at radius 3 is 2.38 bits per heavy atom. The minimum Gasteiger partial charge on any atom is -0.361 e. The molecule has 1 spiro atoms. The lowest BCUT2D eigenvalue weighted by atomic mass is 10.0. The van der Waals surface area contributed by atoms with Gasteiger partial charge in [-0.3, -0.25) is 9.59 Å². The summed E-state index contributed by atoms with van der Waals surface area (Å²) in [7, 11) is -1.97. The Morgan fingerprint density at radius 2 is 1.92 bits per heavy atom. The number of carbonyl (C=O) groups is 2. The van der Waals surface area contributed by atoms with Crippen LogP contribution in [0.1, 0.15) is 29.9 Å². The molecule has 0 unspecified atom stereocenters. The highest BCUT2D eigenvalue weighted by molar-refractivity contribution is 7.93. The lowest BCUT2D eigenvalue weighted by molar-refractivity contribution is -0.134. The molecule has 1 aromatic heterocycles. The Kier molecular flexibility index (Phi) is 3.94. The van der Waals surface area contributed by atoms with E-state index in [1.165, 1.54) is 11.9 Å². The highest BCUT2D eigenvalue weighted by Crippen LogP contribution is 2.38. The van der Waals surface area contributed by atoms with Crippen LogP contribution in [-0.4, -0.2) is 65.9 Å². The van der Waals surface area contributed by atoms with Gasteiger partial charge in [-0.2, -0.15) is 0 Å². The Balaban J connectivity index is 1.71. The van der Waals surface area contributed by atoms with Crippen LogP contribution in [0.5, 0.6) is 0 Å². The molecule has 8 nitrogen and oxygen atoms in total. The van der Waals surface area contributed by atoms with Gasteiger partial charge in [-0.25, -0.2) is 8.42 Å². The van der Waals surface area contributed by atoms with Gasteiger partial charge in [-0.05, 0) is 13.8 Å². The van der Waals surface area contributed by atoms with Crippen LogP contribution < -0.4 is 0 Å². The number of sulfone groups is 1. The van der Waals surface area contributed by atoms with Crippen molar-refractivity contribution in [3.8, 4) is 0 Å². The molecule has 2 aliphatic heterocycles. The Hall–Kier alpha value is -1.90. The molecule has 2 fully saturated rings. The molecule has 3 heterocycles. The lowest BCUT2D eigenvalue weighted by Crippen LogP contribution is -2.56. The van der Waals surface area contributed by atoms with Crippen molar-refractivity contribution >= 4 is 21.7 Å². The molecule has 0 saturated carbocycles. The summed E-state index contributed by atoms with van der Waals surface area (Å²) < 4.78 is 29.9. The first-order valence-electron chi connectivity index (χ1n) is 7.86. The standard InChI is InChI=1S/C15H21N3O5S/c1-10-12(11(2)23-16-10)8-13(19)18-6-4-15(5-7-18)17(3)14(20)9-24(15,21)22/h4-9H2,1-3H3. The summed E-state index contributed by atoms with van der Waals surface area (Å²) in [5.74, 6) is -0.261. The zero-order valence-electron chi connectivity index (χ0n) is 14.0. The number of hydrogen-bond donors (Lipinski definition) is 0. The molecule has 24 heavy (non-hydrogen) atoms. The van der Waals surface area contributed by atoms with Gasteiger partial charge in [-0.15, -0.1) is 0 Å². The number of aromatic nitrogens is 1. The van der Waals surface area contributed by atoms with E-state index in [-0.39, 0.29) is 31.1 Å². The maximum Gasteiger partial charge on any atom is 0.238 e. The average molecular weight is 355 g/mol. The van der Waals surface area contributed by atoms with Gasteiger partial charge in [0, 0.05) is 38.5 Å². The van der Waals surface area contributed by atoms with Gasteiger partial charge in [0.2, 0.25) is 11.8 Å². The van der Waals surface area contributed by atoms with Crippen molar-refractivity contribution in [3.05, 3.63) is 17.0 Å². The summed E-state index contributed by atoms with van der Waals surface area (Å²) >= 11 is 0. The highest BCUT2D eigenvalue weighted by atomic mass is 32.2. The molecule has 0 bridgehead atoms. The molecule has 3 rings (SSSR count). The van der Waals surface area contributed by atoms with Gasteiger partial charge < -0.3 is 14.3 Å². The maximum atomic E-state index is 12.5. The van der Waals surface area contributed by atoms with Crippen molar-refractivity contribution in [1.29, 1.82) is 0 Å². The Morgan fingerprint density at radius 1 is 1.29 bits per heavy atom. The Bertz CT molecular complexity index is 771. The fourth-order valence-corrected chi connectivity index (χ4v) is 5.71. The molecular formula is C15H21N3O5S. The number of rotatable bonds is 2. The van der Waals surface area contributed by atoms with E-state index >= 15 is 0 Å². The van der Waals surface area contributed by atoms with Crippen molar-refractivity contribution in [2.45, 2.75) is 38.0 Å². The van der Waals surface area contributed by atoms with Crippen molar-refractivity contribution in [2.24, 2.45) is 0 Å². The molecule has 2 amide bonds. The maximum absolute atomic E-state index is 12.5. The molecule has 9 heteroatoms. The zero-order valence-corrected chi connectivity index (χ0v) is 14.9. The van der Waals surface area contributed by atoms with Gasteiger partial charge in [0.15, 0.2) is 9.84 Å². The smallest absolute Gasteiger partial charge is 0.238 e. The number of nitrogens with zero attached hydrogens (tertiary/aromatic N) is 3. The third-order valence-electron chi connectivity index (χ3n) is 5.28. The van der Waals surface area contributed by atoms with E-state index in [2.05, 4.69) is 5.16 Å². The SMILES string of the molecule is Cc1noc(C)c1CC(=O)N1CCC2(CC1)N(C)C(=O)CS2(=O)=O. The fraction of sp³-hybridized carbons (Fsp3) is 0.667. The number of piperidine rings is 1. The third-order valence-corrected chi connectivity index (χ3v) is 7.75. The number of carbonyl (C=O) groups excluding carboxylic acids is 2. The van der Waals surface area contributed by atoms with E-state index in [1.807, 2.05) is 0 Å². The highest BCUT2D eigenvalue weighted by Gasteiger charge is 2.57. The average Bonchev–Trinajstić information content (AvgIpc) is 2.92. The molecule has 2 aliphatic rings. The van der Waals surface area contributed by atoms with Crippen molar-refractivity contribution in [2.75, 3.05) is 25.9 Å². The predicted molar refractivity (Wildman–Crippen MR) is 84.8 cm³/mol. The third kappa shape index (κ3) is 2.42. The van der Waals surface area contributed by atoms with Crippen molar-refractivity contribution in [1.82, 2.24) is 15.0 Å². The van der Waals surface area contributed by atoms with Crippen LogP contribution in [0.4, 0.5) is 0 Å². The van der Waals surface area contributed by atoms with Gasteiger partial charge >= 0.3 is 0 Å². The predicted octanol–water partition coefficient (Wildman–Crippen LogP) is 0.0394. The number of aryl methyl sites for hydroxylation is 2. The quantitative estimate of drug-likeness (QED) is 0.742. The van der Waals surface area contributed by atoms with E-state index < -0.39 is 20.5 Å². The van der Waals surface area contributed by atoms with E-state index in [1.54, 1.807) is 18.7 Å². The van der Waals surface area contributed by atoms with Gasteiger partial charge in [0.1, 0.15) is 16.4 Å². The number of likely N-dealkylation sites (tertiary alicyclic amines) is 1. The minimum absolute atomic E-state index is 0.0800. The molecule has 0 aliphatic carbocycles. The summed E-state index contributed by atoms with van der Waals surface area (Å²) in [6.45, 7) is 4.19. The first-order valence-corrected chi connectivity index (χ1v) is 9.52. The monoisotopic (exact) mass is 355 g/mol.